The van der Waals surface area contributed by atoms with Crippen LogP contribution in [0.5, 0.6) is 0 Å². The van der Waals surface area contributed by atoms with Crippen LogP contribution in [0.3, 0.4) is 0 Å². The second-order valence-electron chi connectivity index (χ2n) is 4.52. The smallest absolute Gasteiger partial charge is 0.337 e. The molecule has 0 atom stereocenters. The quantitative estimate of drug-likeness (QED) is 0.864. The van der Waals surface area contributed by atoms with Crippen molar-refractivity contribution in [3.63, 3.8) is 0 Å². The summed E-state index contributed by atoms with van der Waals surface area (Å²) >= 11 is 1.69. The van der Waals surface area contributed by atoms with E-state index in [4.69, 9.17) is 0 Å². The van der Waals surface area contributed by atoms with Crippen molar-refractivity contribution in [2.75, 3.05) is 12.9 Å². The van der Waals surface area contributed by atoms with E-state index < -0.39 is 11.8 Å². The fourth-order valence-electron chi connectivity index (χ4n) is 2.25. The van der Waals surface area contributed by atoms with Crippen LogP contribution in [0.1, 0.15) is 22.5 Å². The van der Waals surface area contributed by atoms with Gasteiger partial charge in [0.05, 0.1) is 17.6 Å². The Kier molecular flexibility index (Phi) is 3.48. The molecule has 0 spiro atoms. The van der Waals surface area contributed by atoms with Crippen molar-refractivity contribution in [1.29, 1.82) is 0 Å². The van der Waals surface area contributed by atoms with Gasteiger partial charge < -0.3 is 4.74 Å². The first-order valence-electron chi connectivity index (χ1n) is 6.29. The maximum Gasteiger partial charge on any atom is 0.337 e. The Balaban J connectivity index is 2.02. The minimum atomic E-state index is -0.547. The van der Waals surface area contributed by atoms with Crippen molar-refractivity contribution < 1.29 is 13.9 Å². The summed E-state index contributed by atoms with van der Waals surface area (Å²) in [5.74, 6) is 0.00347. The SMILES string of the molecule is COC(=O)c1ccc(-c2n[nH]c3c2SCCC3)c(F)c1. The molecule has 0 fully saturated rings. The number of aryl methyl sites for hydroxylation is 1. The third kappa shape index (κ3) is 2.20. The van der Waals surface area contributed by atoms with Gasteiger partial charge in [0.15, 0.2) is 0 Å². The van der Waals surface area contributed by atoms with Crippen LogP contribution in [0.2, 0.25) is 0 Å². The molecule has 1 aromatic heterocycles. The predicted molar refractivity (Wildman–Crippen MR) is 74.4 cm³/mol. The minimum absolute atomic E-state index is 0.200. The number of aromatic amines is 1. The molecule has 0 radical (unpaired) electrons. The lowest BCUT2D eigenvalue weighted by molar-refractivity contribution is 0.0600. The number of nitrogens with zero attached hydrogens (tertiary/aromatic N) is 1. The van der Waals surface area contributed by atoms with Gasteiger partial charge in [-0.05, 0) is 36.8 Å². The number of methoxy groups -OCH3 is 1. The fraction of sp³-hybridized carbons (Fsp3) is 0.286. The Hall–Kier alpha value is -1.82. The molecule has 104 valence electrons. The van der Waals surface area contributed by atoms with Crippen molar-refractivity contribution in [3.8, 4) is 11.3 Å². The average Bonchev–Trinajstić information content (AvgIpc) is 2.90. The zero-order valence-corrected chi connectivity index (χ0v) is 11.7. The number of carbonyl (C=O) groups excluding carboxylic acids is 1. The summed E-state index contributed by atoms with van der Waals surface area (Å²) in [6.07, 6.45) is 2.04. The van der Waals surface area contributed by atoms with Gasteiger partial charge in [0.25, 0.3) is 0 Å². The molecular weight excluding hydrogens is 279 g/mol. The molecule has 0 unspecified atom stereocenters. The van der Waals surface area contributed by atoms with E-state index in [0.717, 1.165) is 29.2 Å². The van der Waals surface area contributed by atoms with Gasteiger partial charge in [-0.25, -0.2) is 9.18 Å². The summed E-state index contributed by atoms with van der Waals surface area (Å²) < 4.78 is 18.8. The van der Waals surface area contributed by atoms with Gasteiger partial charge >= 0.3 is 5.97 Å². The van der Waals surface area contributed by atoms with Crippen LogP contribution in [-0.2, 0) is 11.2 Å². The number of hydrogen-bond donors (Lipinski definition) is 1. The van der Waals surface area contributed by atoms with Gasteiger partial charge in [-0.1, -0.05) is 0 Å². The van der Waals surface area contributed by atoms with Gasteiger partial charge in [0.2, 0.25) is 0 Å². The lowest BCUT2D eigenvalue weighted by Crippen LogP contribution is -2.02. The van der Waals surface area contributed by atoms with E-state index in [-0.39, 0.29) is 5.56 Å². The van der Waals surface area contributed by atoms with E-state index in [0.29, 0.717) is 11.3 Å². The number of thioether (sulfide) groups is 1. The molecule has 2 aromatic rings. The molecule has 6 heteroatoms. The zero-order valence-electron chi connectivity index (χ0n) is 10.9. The molecular formula is C14H13FN2O2S. The molecule has 1 aliphatic heterocycles. The van der Waals surface area contributed by atoms with E-state index in [1.807, 2.05) is 0 Å². The number of nitrogens with one attached hydrogen (secondary N) is 1. The van der Waals surface area contributed by atoms with Crippen LogP contribution in [0.15, 0.2) is 23.1 Å². The Bertz CT molecular complexity index is 669. The summed E-state index contributed by atoms with van der Waals surface area (Å²) in [6.45, 7) is 0. The van der Waals surface area contributed by atoms with Crippen LogP contribution in [-0.4, -0.2) is 29.0 Å². The molecule has 0 bridgehead atoms. The second-order valence-corrected chi connectivity index (χ2v) is 5.62. The number of esters is 1. The van der Waals surface area contributed by atoms with Crippen LogP contribution >= 0.6 is 11.8 Å². The van der Waals surface area contributed by atoms with Crippen LogP contribution in [0.25, 0.3) is 11.3 Å². The standard InChI is InChI=1S/C14H13FN2O2S/c1-19-14(18)8-4-5-9(10(15)7-8)12-13-11(16-17-12)3-2-6-20-13/h4-5,7H,2-3,6H2,1H3,(H,16,17). The molecule has 0 saturated heterocycles. The number of H-pyrrole nitrogens is 1. The molecule has 1 aliphatic rings. The monoisotopic (exact) mass is 292 g/mol. The van der Waals surface area contributed by atoms with Gasteiger partial charge in [-0.3, -0.25) is 5.10 Å². The molecule has 1 N–H and O–H groups in total. The lowest BCUT2D eigenvalue weighted by Gasteiger charge is -2.11. The first kappa shape index (κ1) is 13.2. The number of carbonyl (C=O) groups is 1. The summed E-state index contributed by atoms with van der Waals surface area (Å²) in [7, 11) is 1.27. The molecule has 1 aromatic carbocycles. The van der Waals surface area contributed by atoms with E-state index >= 15 is 0 Å². The second kappa shape index (κ2) is 5.28. The molecule has 3 rings (SSSR count). The van der Waals surface area contributed by atoms with Crippen molar-refractivity contribution in [1.82, 2.24) is 10.2 Å². The molecule has 0 saturated carbocycles. The number of halogens is 1. The topological polar surface area (TPSA) is 55.0 Å². The first-order chi connectivity index (χ1) is 9.70. The number of fused-ring (bicyclic) bond motifs is 1. The Morgan fingerprint density at radius 1 is 1.50 bits per heavy atom. The number of rotatable bonds is 2. The average molecular weight is 292 g/mol. The van der Waals surface area contributed by atoms with Gasteiger partial charge in [0.1, 0.15) is 11.5 Å². The van der Waals surface area contributed by atoms with Crippen molar-refractivity contribution in [2.24, 2.45) is 0 Å². The normalized spacial score (nSPS) is 13.9. The highest BCUT2D eigenvalue weighted by molar-refractivity contribution is 7.99. The Labute approximate surface area is 119 Å². The van der Waals surface area contributed by atoms with Crippen molar-refractivity contribution in [3.05, 3.63) is 35.3 Å². The maximum atomic E-state index is 14.2. The first-order valence-corrected chi connectivity index (χ1v) is 7.27. The van der Waals surface area contributed by atoms with E-state index in [9.17, 15) is 9.18 Å². The van der Waals surface area contributed by atoms with Crippen LogP contribution in [0.4, 0.5) is 4.39 Å². The molecule has 0 aliphatic carbocycles. The highest BCUT2D eigenvalue weighted by atomic mass is 32.2. The van der Waals surface area contributed by atoms with Crippen LogP contribution < -0.4 is 0 Å². The Morgan fingerprint density at radius 3 is 3.10 bits per heavy atom. The van der Waals surface area contributed by atoms with E-state index in [1.165, 1.54) is 13.2 Å². The predicted octanol–water partition coefficient (Wildman–Crippen LogP) is 3.04. The number of benzene rings is 1. The third-order valence-electron chi connectivity index (χ3n) is 3.25. The highest BCUT2D eigenvalue weighted by Gasteiger charge is 2.21. The lowest BCUT2D eigenvalue weighted by atomic mass is 10.1. The molecule has 2 heterocycles. The third-order valence-corrected chi connectivity index (χ3v) is 4.48. The maximum absolute atomic E-state index is 14.2. The van der Waals surface area contributed by atoms with Gasteiger partial charge in [0, 0.05) is 11.3 Å². The largest absolute Gasteiger partial charge is 0.465 e. The minimum Gasteiger partial charge on any atom is -0.465 e. The van der Waals surface area contributed by atoms with Crippen molar-refractivity contribution in [2.45, 2.75) is 17.7 Å². The number of aromatic nitrogens is 2. The zero-order chi connectivity index (χ0) is 14.1. The summed E-state index contributed by atoms with van der Waals surface area (Å²) in [5, 5.41) is 7.19. The van der Waals surface area contributed by atoms with Gasteiger partial charge in [-0.2, -0.15) is 5.10 Å². The number of hydrogen-bond acceptors (Lipinski definition) is 4. The van der Waals surface area contributed by atoms with Gasteiger partial charge in [-0.15, -0.1) is 11.8 Å². The number of ether oxygens (including phenoxy) is 1. The highest BCUT2D eigenvalue weighted by Crippen LogP contribution is 2.37. The van der Waals surface area contributed by atoms with Crippen LogP contribution in [0, 0.1) is 5.82 Å². The van der Waals surface area contributed by atoms with E-state index in [2.05, 4.69) is 14.9 Å². The molecule has 20 heavy (non-hydrogen) atoms. The fourth-order valence-corrected chi connectivity index (χ4v) is 3.36. The Morgan fingerprint density at radius 2 is 2.35 bits per heavy atom. The molecule has 0 amide bonds. The van der Waals surface area contributed by atoms with E-state index in [1.54, 1.807) is 23.9 Å². The summed E-state index contributed by atoms with van der Waals surface area (Å²) in [4.78, 5) is 12.4. The summed E-state index contributed by atoms with van der Waals surface area (Å²) in [5.41, 5.74) is 2.29. The van der Waals surface area contributed by atoms with Crippen molar-refractivity contribution >= 4 is 17.7 Å². The molecule has 4 nitrogen and oxygen atoms in total. The summed E-state index contributed by atoms with van der Waals surface area (Å²) in [6, 6.07) is 4.32.